The van der Waals surface area contributed by atoms with Crippen LogP contribution in [0.25, 0.3) is 0 Å². The third-order valence-electron chi connectivity index (χ3n) is 4.89. The molecule has 6 nitrogen and oxygen atoms in total. The number of nitrogens with zero attached hydrogens (tertiary/aromatic N) is 4. The maximum absolute atomic E-state index is 12.6. The Labute approximate surface area is 148 Å². The number of phenolic OH excluding ortho intramolecular Hbond substituents is 1. The van der Waals surface area contributed by atoms with E-state index in [9.17, 15) is 9.90 Å². The molecule has 3 rings (SSSR count). The Bertz CT molecular complexity index is 655. The normalized spacial score (nSPS) is 17.6. The Morgan fingerprint density at radius 3 is 2.84 bits per heavy atom. The molecule has 1 aliphatic rings. The molecule has 1 aromatic carbocycles. The predicted molar refractivity (Wildman–Crippen MR) is 95.0 cm³/mol. The number of hydrogen-bond donors (Lipinski definition) is 1. The summed E-state index contributed by atoms with van der Waals surface area (Å²) < 4.78 is 1.77. The molecule has 1 saturated heterocycles. The zero-order valence-electron chi connectivity index (χ0n) is 14.5. The lowest BCUT2D eigenvalue weighted by atomic mass is 9.95. The van der Waals surface area contributed by atoms with E-state index in [1.54, 1.807) is 23.1 Å². The monoisotopic (exact) mass is 342 g/mol. The zero-order chi connectivity index (χ0) is 17.5. The van der Waals surface area contributed by atoms with Crippen molar-refractivity contribution in [2.45, 2.75) is 57.5 Å². The lowest BCUT2D eigenvalue weighted by molar-refractivity contribution is -0.135. The van der Waals surface area contributed by atoms with Crippen molar-refractivity contribution in [3.63, 3.8) is 0 Å². The Kier molecular flexibility index (Phi) is 6.04. The number of aromatic hydroxyl groups is 1. The molecule has 1 aromatic heterocycles. The molecule has 0 bridgehead atoms. The quantitative estimate of drug-likeness (QED) is 0.840. The Hall–Kier alpha value is -2.37. The minimum Gasteiger partial charge on any atom is -0.508 e. The minimum atomic E-state index is 0.260. The molecule has 134 valence electrons. The summed E-state index contributed by atoms with van der Waals surface area (Å²) in [5, 5.41) is 13.4. The summed E-state index contributed by atoms with van der Waals surface area (Å²) >= 11 is 0. The lowest BCUT2D eigenvalue weighted by Gasteiger charge is -2.36. The van der Waals surface area contributed by atoms with Gasteiger partial charge in [-0.05, 0) is 56.2 Å². The first-order chi connectivity index (χ1) is 12.2. The van der Waals surface area contributed by atoms with Crippen molar-refractivity contribution in [1.82, 2.24) is 19.7 Å². The molecule has 1 amide bonds. The van der Waals surface area contributed by atoms with Gasteiger partial charge < -0.3 is 10.0 Å². The summed E-state index contributed by atoms with van der Waals surface area (Å²) in [6, 6.07) is 7.71. The van der Waals surface area contributed by atoms with Crippen molar-refractivity contribution in [2.75, 3.05) is 6.54 Å². The lowest BCUT2D eigenvalue weighted by Crippen LogP contribution is -2.44. The van der Waals surface area contributed by atoms with Gasteiger partial charge in [-0.15, -0.1) is 0 Å². The molecule has 0 spiro atoms. The van der Waals surface area contributed by atoms with E-state index in [0.717, 1.165) is 45.2 Å². The van der Waals surface area contributed by atoms with Gasteiger partial charge >= 0.3 is 0 Å². The van der Waals surface area contributed by atoms with Crippen LogP contribution < -0.4 is 0 Å². The van der Waals surface area contributed by atoms with Crippen LogP contribution in [0, 0.1) is 0 Å². The van der Waals surface area contributed by atoms with Crippen LogP contribution in [-0.4, -0.2) is 43.3 Å². The SMILES string of the molecule is O=C(CCCn1cncn1)N1CCCCC1CCc1ccc(O)cc1. The molecular formula is C19H26N4O2. The largest absolute Gasteiger partial charge is 0.508 e. The first-order valence-corrected chi connectivity index (χ1v) is 9.12. The average molecular weight is 342 g/mol. The highest BCUT2D eigenvalue weighted by atomic mass is 16.3. The Balaban J connectivity index is 1.49. The van der Waals surface area contributed by atoms with Gasteiger partial charge in [-0.2, -0.15) is 5.10 Å². The molecule has 0 radical (unpaired) electrons. The van der Waals surface area contributed by atoms with Crippen LogP contribution >= 0.6 is 0 Å². The van der Waals surface area contributed by atoms with E-state index in [1.807, 2.05) is 12.1 Å². The molecule has 0 aliphatic carbocycles. The number of carbonyl (C=O) groups excluding carboxylic acids is 1. The van der Waals surface area contributed by atoms with E-state index in [2.05, 4.69) is 15.0 Å². The highest BCUT2D eigenvalue weighted by molar-refractivity contribution is 5.76. The van der Waals surface area contributed by atoms with Gasteiger partial charge in [0.2, 0.25) is 5.91 Å². The van der Waals surface area contributed by atoms with Crippen LogP contribution in [-0.2, 0) is 17.8 Å². The van der Waals surface area contributed by atoms with Gasteiger partial charge in [0.1, 0.15) is 18.4 Å². The fourth-order valence-corrected chi connectivity index (χ4v) is 3.51. The van der Waals surface area contributed by atoms with Crippen LogP contribution in [0.3, 0.4) is 0 Å². The Morgan fingerprint density at radius 2 is 2.08 bits per heavy atom. The van der Waals surface area contributed by atoms with Crippen molar-refractivity contribution in [2.24, 2.45) is 0 Å². The molecule has 0 saturated carbocycles. The molecule has 1 unspecified atom stereocenters. The Morgan fingerprint density at radius 1 is 1.24 bits per heavy atom. The fraction of sp³-hybridized carbons (Fsp3) is 0.526. The van der Waals surface area contributed by atoms with E-state index >= 15 is 0 Å². The molecule has 25 heavy (non-hydrogen) atoms. The van der Waals surface area contributed by atoms with Gasteiger partial charge in [0.25, 0.3) is 0 Å². The maximum Gasteiger partial charge on any atom is 0.222 e. The van der Waals surface area contributed by atoms with Crippen LogP contribution in [0.5, 0.6) is 5.75 Å². The third kappa shape index (κ3) is 5.05. The number of carbonyl (C=O) groups is 1. The van der Waals surface area contributed by atoms with Crippen molar-refractivity contribution < 1.29 is 9.90 Å². The number of phenols is 1. The van der Waals surface area contributed by atoms with Gasteiger partial charge in [0.05, 0.1) is 0 Å². The molecular weight excluding hydrogens is 316 g/mol. The van der Waals surface area contributed by atoms with Crippen molar-refractivity contribution >= 4 is 5.91 Å². The van der Waals surface area contributed by atoms with E-state index in [-0.39, 0.29) is 5.91 Å². The second-order valence-electron chi connectivity index (χ2n) is 6.70. The predicted octanol–water partition coefficient (Wildman–Crippen LogP) is 2.78. The van der Waals surface area contributed by atoms with E-state index in [0.29, 0.717) is 18.2 Å². The highest BCUT2D eigenvalue weighted by Gasteiger charge is 2.25. The minimum absolute atomic E-state index is 0.260. The van der Waals surface area contributed by atoms with Gasteiger partial charge in [0.15, 0.2) is 0 Å². The standard InChI is InChI=1S/C19H26N4O2/c24-18-10-7-16(8-11-18)6-9-17-4-1-2-13-23(17)19(25)5-3-12-22-15-20-14-21-22/h7-8,10-11,14-15,17,24H,1-6,9,12-13H2. The first-order valence-electron chi connectivity index (χ1n) is 9.12. The zero-order valence-corrected chi connectivity index (χ0v) is 14.5. The topological polar surface area (TPSA) is 71.2 Å². The smallest absolute Gasteiger partial charge is 0.222 e. The van der Waals surface area contributed by atoms with Gasteiger partial charge in [-0.3, -0.25) is 9.48 Å². The number of aryl methyl sites for hydroxylation is 2. The fourth-order valence-electron chi connectivity index (χ4n) is 3.51. The number of aromatic nitrogens is 3. The van der Waals surface area contributed by atoms with Gasteiger partial charge in [-0.1, -0.05) is 12.1 Å². The van der Waals surface area contributed by atoms with Crippen molar-refractivity contribution in [3.8, 4) is 5.75 Å². The summed E-state index contributed by atoms with van der Waals surface area (Å²) in [5.41, 5.74) is 1.21. The molecule has 2 aromatic rings. The number of benzene rings is 1. The molecule has 2 heterocycles. The van der Waals surface area contributed by atoms with Gasteiger partial charge in [-0.25, -0.2) is 4.98 Å². The van der Waals surface area contributed by atoms with Gasteiger partial charge in [0, 0.05) is 25.6 Å². The number of hydrogen-bond acceptors (Lipinski definition) is 4. The van der Waals surface area contributed by atoms with E-state index in [1.165, 1.54) is 18.3 Å². The maximum atomic E-state index is 12.6. The summed E-state index contributed by atoms with van der Waals surface area (Å²) in [6.45, 7) is 1.61. The summed E-state index contributed by atoms with van der Waals surface area (Å²) in [7, 11) is 0. The second kappa shape index (κ2) is 8.65. The number of likely N-dealkylation sites (tertiary alicyclic amines) is 1. The van der Waals surface area contributed by atoms with E-state index < -0.39 is 0 Å². The van der Waals surface area contributed by atoms with Crippen LogP contribution in [0.2, 0.25) is 0 Å². The van der Waals surface area contributed by atoms with Crippen LogP contribution in [0.1, 0.15) is 44.1 Å². The van der Waals surface area contributed by atoms with Crippen molar-refractivity contribution in [1.29, 1.82) is 0 Å². The first kappa shape index (κ1) is 17.5. The molecule has 1 fully saturated rings. The molecule has 1 atom stereocenters. The summed E-state index contributed by atoms with van der Waals surface area (Å²) in [4.78, 5) is 18.7. The highest BCUT2D eigenvalue weighted by Crippen LogP contribution is 2.23. The summed E-state index contributed by atoms with van der Waals surface area (Å²) in [5.74, 6) is 0.557. The molecule has 6 heteroatoms. The number of rotatable bonds is 7. The van der Waals surface area contributed by atoms with E-state index in [4.69, 9.17) is 0 Å². The van der Waals surface area contributed by atoms with Crippen LogP contribution in [0.4, 0.5) is 0 Å². The molecule has 1 N–H and O–H groups in total. The number of piperidine rings is 1. The number of amides is 1. The third-order valence-corrected chi connectivity index (χ3v) is 4.89. The molecule has 1 aliphatic heterocycles. The second-order valence-corrected chi connectivity index (χ2v) is 6.70. The average Bonchev–Trinajstić information content (AvgIpc) is 3.15. The van der Waals surface area contributed by atoms with Crippen LogP contribution in [0.15, 0.2) is 36.9 Å². The summed E-state index contributed by atoms with van der Waals surface area (Å²) in [6.07, 6.45) is 9.88. The van der Waals surface area contributed by atoms with Crippen molar-refractivity contribution in [3.05, 3.63) is 42.5 Å².